The number of methoxy groups -OCH3 is 1. The Balaban J connectivity index is 1.33. The Bertz CT molecular complexity index is 1380. The third-order valence-electron chi connectivity index (χ3n) is 8.64. The molecule has 214 valence electrons. The molecule has 2 fully saturated rings. The second-order valence-electron chi connectivity index (χ2n) is 11.1. The number of fused-ring (bicyclic) bond motifs is 2. The van der Waals surface area contributed by atoms with E-state index in [1.807, 2.05) is 72.8 Å². The van der Waals surface area contributed by atoms with E-state index in [0.717, 1.165) is 41.0 Å². The Labute approximate surface area is 241 Å². The van der Waals surface area contributed by atoms with Crippen LogP contribution in [-0.2, 0) is 38.6 Å². The fraction of sp³-hybridized carbons (Fsp3) is 0.412. The van der Waals surface area contributed by atoms with Crippen LogP contribution in [0.1, 0.15) is 54.5 Å². The van der Waals surface area contributed by atoms with E-state index in [2.05, 4.69) is 0 Å². The Morgan fingerprint density at radius 1 is 0.976 bits per heavy atom. The lowest BCUT2D eigenvalue weighted by Crippen LogP contribution is -2.51. The predicted molar refractivity (Wildman–Crippen MR) is 153 cm³/mol. The van der Waals surface area contributed by atoms with Crippen molar-refractivity contribution in [3.05, 3.63) is 95.1 Å². The molecule has 0 radical (unpaired) electrons. The summed E-state index contributed by atoms with van der Waals surface area (Å²) in [4.78, 5) is 29.4. The Kier molecular flexibility index (Phi) is 7.97. The summed E-state index contributed by atoms with van der Waals surface area (Å²) in [5, 5.41) is 0. The number of esters is 1. The summed E-state index contributed by atoms with van der Waals surface area (Å²) in [7, 11) is 1.60. The van der Waals surface area contributed by atoms with Crippen LogP contribution in [0.15, 0.2) is 72.8 Å². The third kappa shape index (κ3) is 5.68. The predicted octanol–water partition coefficient (Wildman–Crippen LogP) is 5.65. The number of hydrogen-bond acceptors (Lipinski definition) is 6. The average Bonchev–Trinajstić information content (AvgIpc) is 3.69. The van der Waals surface area contributed by atoms with Gasteiger partial charge in [-0.25, -0.2) is 4.79 Å². The molecule has 5 unspecified atom stereocenters. The first-order valence-electron chi connectivity index (χ1n) is 14.6. The van der Waals surface area contributed by atoms with Crippen LogP contribution in [-0.4, -0.2) is 42.6 Å². The van der Waals surface area contributed by atoms with Gasteiger partial charge in [-0.15, -0.1) is 0 Å². The zero-order valence-corrected chi connectivity index (χ0v) is 23.7. The largest absolute Gasteiger partial charge is 0.493 e. The molecule has 6 rings (SSSR count). The Morgan fingerprint density at radius 3 is 2.39 bits per heavy atom. The van der Waals surface area contributed by atoms with Crippen LogP contribution in [0.5, 0.6) is 11.5 Å². The molecule has 0 spiro atoms. The molecule has 2 saturated carbocycles. The Hall–Kier alpha value is -3.84. The number of amides is 1. The molecule has 3 aromatic rings. The number of hydrogen-bond donors (Lipinski definition) is 0. The molecule has 0 saturated heterocycles. The normalized spacial score (nSPS) is 23.2. The maximum Gasteiger partial charge on any atom is 0.329 e. The van der Waals surface area contributed by atoms with Crippen LogP contribution < -0.4 is 9.47 Å². The number of carbonyl (C=O) groups excluding carboxylic acids is 2. The maximum absolute atomic E-state index is 14.4. The van der Waals surface area contributed by atoms with Gasteiger partial charge in [-0.1, -0.05) is 66.7 Å². The van der Waals surface area contributed by atoms with E-state index in [4.69, 9.17) is 18.9 Å². The molecule has 0 N–H and O–H groups in total. The molecule has 3 aromatic carbocycles. The molecule has 5 atom stereocenters. The minimum Gasteiger partial charge on any atom is -0.493 e. The van der Waals surface area contributed by atoms with Crippen LogP contribution in [0.25, 0.3) is 0 Å². The molecule has 7 nitrogen and oxygen atoms in total. The van der Waals surface area contributed by atoms with Gasteiger partial charge in [-0.05, 0) is 60.8 Å². The third-order valence-corrected chi connectivity index (χ3v) is 8.64. The Morgan fingerprint density at radius 2 is 1.73 bits per heavy atom. The molecule has 0 aromatic heterocycles. The molecule has 41 heavy (non-hydrogen) atoms. The molecule has 1 aliphatic heterocycles. The van der Waals surface area contributed by atoms with Crippen LogP contribution >= 0.6 is 0 Å². The highest BCUT2D eigenvalue weighted by Crippen LogP contribution is 2.54. The fourth-order valence-corrected chi connectivity index (χ4v) is 6.40. The SMILES string of the molecule is CCOC(=O)C1Cc2c(ccc(OC)c2OCc2ccccc2)CN1C(=O)C(OC1CCC2CC21)c1ccccc1. The topological polar surface area (TPSA) is 74.3 Å². The van der Waals surface area contributed by atoms with Gasteiger partial charge in [0.2, 0.25) is 0 Å². The number of benzene rings is 3. The monoisotopic (exact) mass is 555 g/mol. The molecular formula is C34H37NO6. The lowest BCUT2D eigenvalue weighted by molar-refractivity contribution is -0.163. The first-order valence-corrected chi connectivity index (χ1v) is 14.6. The molecule has 2 aliphatic carbocycles. The first-order chi connectivity index (χ1) is 20.1. The van der Waals surface area contributed by atoms with E-state index in [-0.39, 0.29) is 31.6 Å². The summed E-state index contributed by atoms with van der Waals surface area (Å²) in [6.45, 7) is 2.60. The second-order valence-corrected chi connectivity index (χ2v) is 11.1. The summed E-state index contributed by atoms with van der Waals surface area (Å²) >= 11 is 0. The van der Waals surface area contributed by atoms with Gasteiger partial charge in [0.15, 0.2) is 17.6 Å². The van der Waals surface area contributed by atoms with E-state index < -0.39 is 18.1 Å². The van der Waals surface area contributed by atoms with Gasteiger partial charge < -0.3 is 23.8 Å². The number of nitrogens with zero attached hydrogens (tertiary/aromatic N) is 1. The minimum atomic E-state index is -0.812. The minimum absolute atomic E-state index is 0.0644. The molecule has 1 heterocycles. The van der Waals surface area contributed by atoms with Crippen molar-refractivity contribution >= 4 is 11.9 Å². The summed E-state index contributed by atoms with van der Waals surface area (Å²) in [6, 6.07) is 22.5. The second kappa shape index (κ2) is 12.0. The molecule has 7 heteroatoms. The summed E-state index contributed by atoms with van der Waals surface area (Å²) in [6.07, 6.45) is 2.84. The zero-order valence-electron chi connectivity index (χ0n) is 23.7. The summed E-state index contributed by atoms with van der Waals surface area (Å²) < 4.78 is 24.1. The van der Waals surface area contributed by atoms with Crippen molar-refractivity contribution in [3.63, 3.8) is 0 Å². The first kappa shape index (κ1) is 27.3. The van der Waals surface area contributed by atoms with Crippen molar-refractivity contribution in [1.29, 1.82) is 0 Å². The van der Waals surface area contributed by atoms with Crippen LogP contribution in [0, 0.1) is 11.8 Å². The zero-order chi connectivity index (χ0) is 28.3. The van der Waals surface area contributed by atoms with Gasteiger partial charge in [-0.3, -0.25) is 4.79 Å². The highest BCUT2D eigenvalue weighted by molar-refractivity contribution is 5.89. The lowest BCUT2D eigenvalue weighted by Gasteiger charge is -2.38. The van der Waals surface area contributed by atoms with Gasteiger partial charge in [0.25, 0.3) is 5.91 Å². The molecular weight excluding hydrogens is 518 g/mol. The van der Waals surface area contributed by atoms with Gasteiger partial charge in [0.1, 0.15) is 12.6 Å². The molecule has 0 bridgehead atoms. The maximum atomic E-state index is 14.4. The van der Waals surface area contributed by atoms with Gasteiger partial charge >= 0.3 is 5.97 Å². The van der Waals surface area contributed by atoms with Crippen LogP contribution in [0.2, 0.25) is 0 Å². The lowest BCUT2D eigenvalue weighted by atomic mass is 9.91. The summed E-state index contributed by atoms with van der Waals surface area (Å²) in [5.41, 5.74) is 3.60. The highest BCUT2D eigenvalue weighted by Gasteiger charge is 2.50. The van der Waals surface area contributed by atoms with Crippen LogP contribution in [0.4, 0.5) is 0 Å². The number of rotatable bonds is 10. The van der Waals surface area contributed by atoms with Gasteiger partial charge in [0.05, 0.1) is 19.8 Å². The van der Waals surface area contributed by atoms with Gasteiger partial charge in [0, 0.05) is 18.5 Å². The van der Waals surface area contributed by atoms with E-state index >= 15 is 0 Å². The fourth-order valence-electron chi connectivity index (χ4n) is 6.40. The number of carbonyl (C=O) groups is 2. The van der Waals surface area contributed by atoms with Crippen LogP contribution in [0.3, 0.4) is 0 Å². The van der Waals surface area contributed by atoms with Crippen molar-refractivity contribution in [2.45, 2.75) is 64.0 Å². The van der Waals surface area contributed by atoms with E-state index in [1.165, 1.54) is 6.42 Å². The van der Waals surface area contributed by atoms with Crippen molar-refractivity contribution in [3.8, 4) is 11.5 Å². The number of ether oxygens (including phenoxy) is 4. The van der Waals surface area contributed by atoms with Crippen molar-refractivity contribution in [2.75, 3.05) is 13.7 Å². The smallest absolute Gasteiger partial charge is 0.329 e. The van der Waals surface area contributed by atoms with Crippen molar-refractivity contribution < 1.29 is 28.5 Å². The van der Waals surface area contributed by atoms with Gasteiger partial charge in [-0.2, -0.15) is 0 Å². The van der Waals surface area contributed by atoms with E-state index in [0.29, 0.717) is 24.0 Å². The van der Waals surface area contributed by atoms with E-state index in [1.54, 1.807) is 18.9 Å². The standard InChI is InChI=1S/C34H37NO6/c1-3-39-34(37)28-19-27-25(15-17-30(38-2)32(27)40-21-22-10-6-4-7-11-22)20-35(28)33(36)31(23-12-8-5-9-13-23)41-29-16-14-24-18-26(24)29/h4-13,15,17,24,26,28-29,31H,3,14,16,18-21H2,1-2H3. The molecule has 3 aliphatic rings. The summed E-state index contributed by atoms with van der Waals surface area (Å²) in [5.74, 6) is 1.80. The molecule has 1 amide bonds. The quantitative estimate of drug-likeness (QED) is 0.301. The van der Waals surface area contributed by atoms with E-state index in [9.17, 15) is 9.59 Å². The average molecular weight is 556 g/mol. The highest BCUT2D eigenvalue weighted by atomic mass is 16.5. The van der Waals surface area contributed by atoms with Crippen molar-refractivity contribution in [1.82, 2.24) is 4.90 Å². The van der Waals surface area contributed by atoms with Crippen molar-refractivity contribution in [2.24, 2.45) is 11.8 Å².